The van der Waals surface area contributed by atoms with Crippen LogP contribution in [-0.2, 0) is 19.5 Å². The summed E-state index contributed by atoms with van der Waals surface area (Å²) in [7, 11) is -3.32. The van der Waals surface area contributed by atoms with Gasteiger partial charge in [-0.05, 0) is 18.2 Å². The molecule has 17 heavy (non-hydrogen) atoms. The van der Waals surface area contributed by atoms with Crippen molar-refractivity contribution in [3.8, 4) is 0 Å². The van der Waals surface area contributed by atoms with Crippen LogP contribution in [-0.4, -0.2) is 27.9 Å². The zero-order chi connectivity index (χ0) is 12.5. The molecule has 5 nitrogen and oxygen atoms in total. The van der Waals surface area contributed by atoms with Crippen LogP contribution in [0.15, 0.2) is 22.7 Å². The first-order chi connectivity index (χ1) is 7.96. The lowest BCUT2D eigenvalue weighted by molar-refractivity contribution is -0.0435. The SMILES string of the molecule is CS(=O)(=O)Nc1ccc(Br)cc1C1OCCO1. The van der Waals surface area contributed by atoms with Crippen molar-refractivity contribution in [3.63, 3.8) is 0 Å². The van der Waals surface area contributed by atoms with Crippen LogP contribution in [0.4, 0.5) is 5.69 Å². The summed E-state index contributed by atoms with van der Waals surface area (Å²) in [5.74, 6) is 0. The second-order valence-corrected chi connectivity index (χ2v) is 6.34. The van der Waals surface area contributed by atoms with E-state index in [-0.39, 0.29) is 0 Å². The van der Waals surface area contributed by atoms with E-state index in [9.17, 15) is 8.42 Å². The van der Waals surface area contributed by atoms with Gasteiger partial charge in [-0.2, -0.15) is 0 Å². The fourth-order valence-electron chi connectivity index (χ4n) is 1.56. The number of ether oxygens (including phenoxy) is 2. The molecule has 1 aromatic rings. The van der Waals surface area contributed by atoms with Crippen LogP contribution in [0.3, 0.4) is 0 Å². The van der Waals surface area contributed by atoms with E-state index >= 15 is 0 Å². The van der Waals surface area contributed by atoms with E-state index in [4.69, 9.17) is 9.47 Å². The molecule has 7 heteroatoms. The Labute approximate surface area is 108 Å². The summed E-state index contributed by atoms with van der Waals surface area (Å²) in [5.41, 5.74) is 1.14. The highest BCUT2D eigenvalue weighted by Crippen LogP contribution is 2.32. The predicted octanol–water partition coefficient (Wildman–Crippen LogP) is 1.87. The summed E-state index contributed by atoms with van der Waals surface area (Å²) >= 11 is 3.33. The van der Waals surface area contributed by atoms with Gasteiger partial charge in [-0.15, -0.1) is 0 Å². The van der Waals surface area contributed by atoms with E-state index in [0.29, 0.717) is 24.5 Å². The second kappa shape index (κ2) is 4.93. The van der Waals surface area contributed by atoms with Crippen LogP contribution in [0, 0.1) is 0 Å². The first kappa shape index (κ1) is 12.8. The highest BCUT2D eigenvalue weighted by molar-refractivity contribution is 9.10. The molecule has 1 N–H and O–H groups in total. The Balaban J connectivity index is 2.36. The quantitative estimate of drug-likeness (QED) is 0.923. The van der Waals surface area contributed by atoms with Gasteiger partial charge >= 0.3 is 0 Å². The number of hydrogen-bond donors (Lipinski definition) is 1. The van der Waals surface area contributed by atoms with Crippen molar-refractivity contribution in [1.29, 1.82) is 0 Å². The lowest BCUT2D eigenvalue weighted by Crippen LogP contribution is -2.13. The zero-order valence-corrected chi connectivity index (χ0v) is 11.5. The Hall–Kier alpha value is -0.630. The monoisotopic (exact) mass is 321 g/mol. The summed E-state index contributed by atoms with van der Waals surface area (Å²) in [6, 6.07) is 5.21. The first-order valence-corrected chi connectivity index (χ1v) is 7.64. The van der Waals surface area contributed by atoms with Crippen LogP contribution in [0.2, 0.25) is 0 Å². The largest absolute Gasteiger partial charge is 0.346 e. The van der Waals surface area contributed by atoms with Crippen LogP contribution >= 0.6 is 15.9 Å². The minimum absolute atomic E-state index is 0.475. The summed E-state index contributed by atoms with van der Waals surface area (Å²) in [6.07, 6.45) is 0.589. The Morgan fingerprint density at radius 1 is 1.35 bits per heavy atom. The van der Waals surface area contributed by atoms with E-state index in [1.54, 1.807) is 18.2 Å². The molecule has 0 saturated carbocycles. The molecule has 0 bridgehead atoms. The molecule has 1 saturated heterocycles. The number of anilines is 1. The van der Waals surface area contributed by atoms with Crippen molar-refractivity contribution in [1.82, 2.24) is 0 Å². The predicted molar refractivity (Wildman–Crippen MR) is 67.3 cm³/mol. The molecule has 1 fully saturated rings. The van der Waals surface area contributed by atoms with Crippen molar-refractivity contribution in [2.45, 2.75) is 6.29 Å². The molecule has 0 atom stereocenters. The van der Waals surface area contributed by atoms with Gasteiger partial charge in [-0.3, -0.25) is 4.72 Å². The van der Waals surface area contributed by atoms with E-state index in [2.05, 4.69) is 20.7 Å². The van der Waals surface area contributed by atoms with E-state index in [1.807, 2.05) is 0 Å². The van der Waals surface area contributed by atoms with Gasteiger partial charge in [-0.1, -0.05) is 15.9 Å². The molecule has 0 aliphatic carbocycles. The molecule has 0 unspecified atom stereocenters. The van der Waals surface area contributed by atoms with Gasteiger partial charge in [0.25, 0.3) is 0 Å². The minimum Gasteiger partial charge on any atom is -0.346 e. The number of rotatable bonds is 3. The Morgan fingerprint density at radius 2 is 2.00 bits per heavy atom. The van der Waals surface area contributed by atoms with Crippen LogP contribution in [0.1, 0.15) is 11.9 Å². The van der Waals surface area contributed by atoms with Gasteiger partial charge in [0, 0.05) is 10.0 Å². The molecule has 1 aliphatic heterocycles. The van der Waals surface area contributed by atoms with Crippen molar-refractivity contribution in [2.75, 3.05) is 24.2 Å². The Bertz CT molecular complexity index is 511. The molecule has 2 rings (SSSR count). The van der Waals surface area contributed by atoms with Crippen molar-refractivity contribution >= 4 is 31.6 Å². The highest BCUT2D eigenvalue weighted by atomic mass is 79.9. The van der Waals surface area contributed by atoms with Crippen LogP contribution < -0.4 is 4.72 Å². The summed E-state index contributed by atoms with van der Waals surface area (Å²) in [4.78, 5) is 0. The van der Waals surface area contributed by atoms with Gasteiger partial charge < -0.3 is 9.47 Å². The van der Waals surface area contributed by atoms with E-state index < -0.39 is 16.3 Å². The van der Waals surface area contributed by atoms with Gasteiger partial charge in [0.15, 0.2) is 6.29 Å². The molecule has 1 aliphatic rings. The van der Waals surface area contributed by atoms with Crippen molar-refractivity contribution < 1.29 is 17.9 Å². The molecular weight excluding hydrogens is 310 g/mol. The van der Waals surface area contributed by atoms with E-state index in [0.717, 1.165) is 10.7 Å². The summed E-state index contributed by atoms with van der Waals surface area (Å²) < 4.78 is 36.5. The molecule has 1 aromatic carbocycles. The Morgan fingerprint density at radius 3 is 2.59 bits per heavy atom. The van der Waals surface area contributed by atoms with Gasteiger partial charge in [0.2, 0.25) is 10.0 Å². The molecule has 94 valence electrons. The fraction of sp³-hybridized carbons (Fsp3) is 0.400. The molecule has 1 heterocycles. The zero-order valence-electron chi connectivity index (χ0n) is 9.14. The maximum atomic E-state index is 11.2. The van der Waals surface area contributed by atoms with Gasteiger partial charge in [0.05, 0.1) is 25.2 Å². The highest BCUT2D eigenvalue weighted by Gasteiger charge is 2.22. The molecule has 0 spiro atoms. The second-order valence-electron chi connectivity index (χ2n) is 3.68. The normalized spacial score (nSPS) is 17.3. The average Bonchev–Trinajstić information content (AvgIpc) is 2.71. The number of nitrogens with one attached hydrogen (secondary N) is 1. The number of benzene rings is 1. The van der Waals surface area contributed by atoms with Gasteiger partial charge in [-0.25, -0.2) is 8.42 Å². The Kier molecular flexibility index (Phi) is 3.72. The van der Waals surface area contributed by atoms with Crippen LogP contribution in [0.25, 0.3) is 0 Å². The third-order valence-corrected chi connectivity index (χ3v) is 3.27. The lowest BCUT2D eigenvalue weighted by atomic mass is 10.2. The number of sulfonamides is 1. The fourth-order valence-corrected chi connectivity index (χ4v) is 2.52. The van der Waals surface area contributed by atoms with Gasteiger partial charge in [0.1, 0.15) is 0 Å². The summed E-state index contributed by atoms with van der Waals surface area (Å²) in [6.45, 7) is 1.02. The van der Waals surface area contributed by atoms with Crippen molar-refractivity contribution in [3.05, 3.63) is 28.2 Å². The standard InChI is InChI=1S/C10H12BrNO4S/c1-17(13,14)12-9-3-2-7(11)6-8(9)10-15-4-5-16-10/h2-3,6,10,12H,4-5H2,1H3. The maximum Gasteiger partial charge on any atom is 0.229 e. The van der Waals surface area contributed by atoms with E-state index in [1.165, 1.54) is 0 Å². The number of hydrogen-bond acceptors (Lipinski definition) is 4. The average molecular weight is 322 g/mol. The first-order valence-electron chi connectivity index (χ1n) is 4.96. The number of halogens is 1. The molecule has 0 radical (unpaired) electrons. The smallest absolute Gasteiger partial charge is 0.229 e. The minimum atomic E-state index is -3.32. The molecular formula is C10H12BrNO4S. The topological polar surface area (TPSA) is 64.6 Å². The molecule has 0 amide bonds. The molecule has 0 aromatic heterocycles. The van der Waals surface area contributed by atoms with Crippen LogP contribution in [0.5, 0.6) is 0 Å². The van der Waals surface area contributed by atoms with Crippen molar-refractivity contribution in [2.24, 2.45) is 0 Å². The third kappa shape index (κ3) is 3.41. The third-order valence-electron chi connectivity index (χ3n) is 2.18. The maximum absolute atomic E-state index is 11.2. The lowest BCUT2D eigenvalue weighted by Gasteiger charge is -2.15. The summed E-state index contributed by atoms with van der Waals surface area (Å²) in [5, 5.41) is 0.